The van der Waals surface area contributed by atoms with E-state index >= 15 is 0 Å². The van der Waals surface area contributed by atoms with Crippen molar-refractivity contribution >= 4 is 11.6 Å². The largest absolute Gasteiger partial charge is 0.439 e. The first kappa shape index (κ1) is 12.6. The third-order valence-electron chi connectivity index (χ3n) is 2.57. The first-order valence-corrected chi connectivity index (χ1v) is 6.10. The Labute approximate surface area is 120 Å². The summed E-state index contributed by atoms with van der Waals surface area (Å²) in [4.78, 5) is 8.32. The third kappa shape index (κ3) is 3.13. The molecule has 7 heteroatoms. The van der Waals surface area contributed by atoms with Crippen molar-refractivity contribution < 1.29 is 4.74 Å². The number of rotatable bonds is 4. The van der Waals surface area contributed by atoms with Gasteiger partial charge in [0.1, 0.15) is 5.75 Å². The zero-order valence-electron chi connectivity index (χ0n) is 10.8. The molecule has 0 fully saturated rings. The van der Waals surface area contributed by atoms with Crippen molar-refractivity contribution in [1.29, 1.82) is 5.26 Å². The number of nitriles is 1. The van der Waals surface area contributed by atoms with Crippen molar-refractivity contribution in [3.63, 3.8) is 0 Å². The molecule has 2 aromatic heterocycles. The zero-order chi connectivity index (χ0) is 14.5. The normalized spacial score (nSPS) is 9.86. The van der Waals surface area contributed by atoms with Gasteiger partial charge in [0.2, 0.25) is 11.8 Å². The number of nitrogens with zero attached hydrogens (tertiary/aromatic N) is 4. The van der Waals surface area contributed by atoms with Crippen LogP contribution in [-0.4, -0.2) is 20.2 Å². The number of H-pyrrole nitrogens is 1. The SMILES string of the molecule is N#Cc1cccc(Oc2ccnc(Nc3cn[nH]c3)n2)c1. The number of ether oxygens (including phenoxy) is 1. The molecule has 0 saturated carbocycles. The molecule has 2 N–H and O–H groups in total. The van der Waals surface area contributed by atoms with Gasteiger partial charge >= 0.3 is 0 Å². The highest BCUT2D eigenvalue weighted by Gasteiger charge is 2.03. The Morgan fingerprint density at radius 1 is 1.29 bits per heavy atom. The Hall–Kier alpha value is -3.40. The maximum atomic E-state index is 8.87. The van der Waals surface area contributed by atoms with Crippen LogP contribution in [0.15, 0.2) is 48.9 Å². The van der Waals surface area contributed by atoms with Gasteiger partial charge in [-0.25, -0.2) is 4.98 Å². The molecular formula is C14H10N6O. The van der Waals surface area contributed by atoms with Gasteiger partial charge in [-0.1, -0.05) is 6.07 Å². The van der Waals surface area contributed by atoms with Gasteiger partial charge in [-0.05, 0) is 18.2 Å². The van der Waals surface area contributed by atoms with Gasteiger partial charge in [-0.3, -0.25) is 5.10 Å². The second-order valence-corrected chi connectivity index (χ2v) is 4.07. The zero-order valence-corrected chi connectivity index (χ0v) is 10.8. The van der Waals surface area contributed by atoms with Crippen LogP contribution in [0, 0.1) is 11.3 Å². The van der Waals surface area contributed by atoms with Crippen molar-refractivity contribution in [2.45, 2.75) is 0 Å². The van der Waals surface area contributed by atoms with E-state index in [4.69, 9.17) is 10.00 Å². The maximum Gasteiger partial charge on any atom is 0.230 e. The smallest absolute Gasteiger partial charge is 0.230 e. The summed E-state index contributed by atoms with van der Waals surface area (Å²) in [6.07, 6.45) is 4.89. The molecule has 0 spiro atoms. The minimum absolute atomic E-state index is 0.381. The first-order valence-electron chi connectivity index (χ1n) is 6.10. The fraction of sp³-hybridized carbons (Fsp3) is 0. The summed E-state index contributed by atoms with van der Waals surface area (Å²) in [6, 6.07) is 10.6. The van der Waals surface area contributed by atoms with Crippen LogP contribution in [0.2, 0.25) is 0 Å². The highest BCUT2D eigenvalue weighted by molar-refractivity contribution is 5.50. The summed E-state index contributed by atoms with van der Waals surface area (Å²) in [5, 5.41) is 18.4. The molecule has 21 heavy (non-hydrogen) atoms. The van der Waals surface area contributed by atoms with E-state index < -0.39 is 0 Å². The first-order chi connectivity index (χ1) is 10.3. The van der Waals surface area contributed by atoms with Crippen molar-refractivity contribution in [3.8, 4) is 17.7 Å². The predicted octanol–water partition coefficient (Wildman–Crippen LogP) is 2.61. The Morgan fingerprint density at radius 2 is 2.24 bits per heavy atom. The molecule has 1 aromatic carbocycles. The lowest BCUT2D eigenvalue weighted by Gasteiger charge is -2.06. The minimum Gasteiger partial charge on any atom is -0.439 e. The van der Waals surface area contributed by atoms with E-state index in [2.05, 4.69) is 31.6 Å². The molecule has 2 heterocycles. The van der Waals surface area contributed by atoms with Crippen LogP contribution in [0.3, 0.4) is 0 Å². The molecule has 0 aliphatic carbocycles. The van der Waals surface area contributed by atoms with Crippen molar-refractivity contribution in [3.05, 3.63) is 54.5 Å². The summed E-state index contributed by atoms with van der Waals surface area (Å²) in [7, 11) is 0. The second-order valence-electron chi connectivity index (χ2n) is 4.07. The van der Waals surface area contributed by atoms with Gasteiger partial charge in [0.25, 0.3) is 0 Å². The van der Waals surface area contributed by atoms with E-state index in [1.165, 1.54) is 0 Å². The van der Waals surface area contributed by atoms with Gasteiger partial charge < -0.3 is 10.1 Å². The molecule has 0 aliphatic rings. The highest BCUT2D eigenvalue weighted by atomic mass is 16.5. The van der Waals surface area contributed by atoms with Crippen LogP contribution < -0.4 is 10.1 Å². The predicted molar refractivity (Wildman–Crippen MR) is 75.1 cm³/mol. The number of aromatic amines is 1. The van der Waals surface area contributed by atoms with Crippen molar-refractivity contribution in [1.82, 2.24) is 20.2 Å². The average molecular weight is 278 g/mol. The molecule has 0 atom stereocenters. The van der Waals surface area contributed by atoms with Gasteiger partial charge in [0.15, 0.2) is 0 Å². The topological polar surface area (TPSA) is 99.5 Å². The van der Waals surface area contributed by atoms with E-state index in [9.17, 15) is 0 Å². The van der Waals surface area contributed by atoms with Crippen LogP contribution >= 0.6 is 0 Å². The maximum absolute atomic E-state index is 8.87. The van der Waals surface area contributed by atoms with Gasteiger partial charge in [0.05, 0.1) is 23.5 Å². The molecule has 0 saturated heterocycles. The number of benzene rings is 1. The molecule has 3 aromatic rings. The third-order valence-corrected chi connectivity index (χ3v) is 2.57. The second kappa shape index (κ2) is 5.71. The molecule has 0 amide bonds. The van der Waals surface area contributed by atoms with Crippen LogP contribution in [0.25, 0.3) is 0 Å². The standard InChI is InChI=1S/C14H10N6O/c15-7-10-2-1-3-12(6-10)21-13-4-5-16-14(20-13)19-11-8-17-18-9-11/h1-6,8-9H,(H,17,18)(H,16,19,20). The fourth-order valence-corrected chi connectivity index (χ4v) is 1.66. The summed E-state index contributed by atoms with van der Waals surface area (Å²) in [5.74, 6) is 1.32. The van der Waals surface area contributed by atoms with Crippen LogP contribution in [0.1, 0.15) is 5.56 Å². The van der Waals surface area contributed by atoms with E-state index in [1.54, 1.807) is 48.9 Å². The van der Waals surface area contributed by atoms with E-state index in [0.717, 1.165) is 5.69 Å². The average Bonchev–Trinajstić information content (AvgIpc) is 3.01. The molecule has 0 radical (unpaired) electrons. The summed E-state index contributed by atoms with van der Waals surface area (Å²) in [5.41, 5.74) is 1.27. The number of anilines is 2. The van der Waals surface area contributed by atoms with Crippen LogP contribution in [0.4, 0.5) is 11.6 Å². The lowest BCUT2D eigenvalue weighted by Crippen LogP contribution is -1.97. The van der Waals surface area contributed by atoms with Gasteiger partial charge in [-0.2, -0.15) is 15.3 Å². The molecule has 0 bridgehead atoms. The van der Waals surface area contributed by atoms with E-state index in [-0.39, 0.29) is 0 Å². The van der Waals surface area contributed by atoms with Gasteiger partial charge in [-0.15, -0.1) is 0 Å². The minimum atomic E-state index is 0.381. The van der Waals surface area contributed by atoms with Crippen molar-refractivity contribution in [2.75, 3.05) is 5.32 Å². The Balaban J connectivity index is 1.78. The van der Waals surface area contributed by atoms with E-state index in [0.29, 0.717) is 23.1 Å². The van der Waals surface area contributed by atoms with Crippen LogP contribution in [-0.2, 0) is 0 Å². The molecular weight excluding hydrogens is 268 g/mol. The number of aromatic nitrogens is 4. The lowest BCUT2D eigenvalue weighted by molar-refractivity contribution is 0.462. The number of hydrogen-bond donors (Lipinski definition) is 2. The van der Waals surface area contributed by atoms with Crippen LogP contribution in [0.5, 0.6) is 11.6 Å². The molecule has 3 rings (SSSR count). The molecule has 102 valence electrons. The Kier molecular flexibility index (Phi) is 3.43. The summed E-state index contributed by atoms with van der Waals surface area (Å²) in [6.45, 7) is 0. The Morgan fingerprint density at radius 3 is 3.05 bits per heavy atom. The summed E-state index contributed by atoms with van der Waals surface area (Å²) >= 11 is 0. The Bertz CT molecular complexity index is 778. The number of hydrogen-bond acceptors (Lipinski definition) is 6. The monoisotopic (exact) mass is 278 g/mol. The molecule has 0 unspecified atom stereocenters. The van der Waals surface area contributed by atoms with E-state index in [1.807, 2.05) is 0 Å². The quantitative estimate of drug-likeness (QED) is 0.761. The molecule has 7 nitrogen and oxygen atoms in total. The highest BCUT2D eigenvalue weighted by Crippen LogP contribution is 2.21. The summed E-state index contributed by atoms with van der Waals surface area (Å²) < 4.78 is 5.62. The van der Waals surface area contributed by atoms with Gasteiger partial charge in [0, 0.05) is 18.5 Å². The van der Waals surface area contributed by atoms with Crippen molar-refractivity contribution in [2.24, 2.45) is 0 Å². The molecule has 0 aliphatic heterocycles. The number of nitrogens with one attached hydrogen (secondary N) is 2. The lowest BCUT2D eigenvalue weighted by atomic mass is 10.2. The fourth-order valence-electron chi connectivity index (χ4n) is 1.66.